The first-order chi connectivity index (χ1) is 11.8. The molecule has 0 bridgehead atoms. The van der Waals surface area contributed by atoms with Gasteiger partial charge in [0.25, 0.3) is 5.91 Å². The first kappa shape index (κ1) is 17.7. The molecule has 9 heteroatoms. The van der Waals surface area contributed by atoms with Crippen LogP contribution in [0.15, 0.2) is 27.6 Å². The molecule has 1 aliphatic heterocycles. The molecule has 2 aromatic heterocycles. The topological polar surface area (TPSA) is 97.4 Å². The lowest BCUT2D eigenvalue weighted by atomic mass is 10.4. The SMILES string of the molecule is Cc1oc(C(=O)Nc2ccnn2C(C)C)cc1S(=O)(=O)N1CCCC1. The maximum absolute atomic E-state index is 12.7. The highest BCUT2D eigenvalue weighted by Crippen LogP contribution is 2.27. The fourth-order valence-corrected chi connectivity index (χ4v) is 4.58. The maximum atomic E-state index is 12.7. The van der Waals surface area contributed by atoms with Gasteiger partial charge < -0.3 is 9.73 Å². The minimum Gasteiger partial charge on any atom is -0.455 e. The van der Waals surface area contributed by atoms with Crippen molar-refractivity contribution in [2.75, 3.05) is 18.4 Å². The summed E-state index contributed by atoms with van der Waals surface area (Å²) in [6.45, 7) is 6.45. The molecule has 1 amide bonds. The van der Waals surface area contributed by atoms with Crippen molar-refractivity contribution in [3.05, 3.63) is 29.9 Å². The van der Waals surface area contributed by atoms with Gasteiger partial charge in [0.1, 0.15) is 16.5 Å². The predicted octanol–water partition coefficient (Wildman–Crippen LogP) is 2.40. The van der Waals surface area contributed by atoms with Crippen LogP contribution >= 0.6 is 0 Å². The first-order valence-corrected chi connectivity index (χ1v) is 9.70. The third kappa shape index (κ3) is 3.34. The van der Waals surface area contributed by atoms with Gasteiger partial charge in [-0.15, -0.1) is 0 Å². The molecule has 0 unspecified atom stereocenters. The fourth-order valence-electron chi connectivity index (χ4n) is 2.90. The van der Waals surface area contributed by atoms with Crippen LogP contribution in [0.1, 0.15) is 49.0 Å². The van der Waals surface area contributed by atoms with E-state index >= 15 is 0 Å². The second-order valence-corrected chi connectivity index (χ2v) is 8.26. The molecule has 0 atom stereocenters. The lowest BCUT2D eigenvalue weighted by molar-refractivity contribution is 0.0994. The highest BCUT2D eigenvalue weighted by molar-refractivity contribution is 7.89. The van der Waals surface area contributed by atoms with Crippen LogP contribution in [-0.2, 0) is 10.0 Å². The second kappa shape index (κ2) is 6.64. The minimum atomic E-state index is -3.62. The Balaban J connectivity index is 1.84. The predicted molar refractivity (Wildman–Crippen MR) is 92.0 cm³/mol. The van der Waals surface area contributed by atoms with Gasteiger partial charge in [-0.2, -0.15) is 9.40 Å². The number of aromatic nitrogens is 2. The molecule has 2 aromatic rings. The van der Waals surface area contributed by atoms with E-state index in [1.807, 2.05) is 13.8 Å². The molecule has 0 radical (unpaired) electrons. The number of nitrogens with one attached hydrogen (secondary N) is 1. The van der Waals surface area contributed by atoms with Crippen LogP contribution in [0.4, 0.5) is 5.82 Å². The molecule has 8 nitrogen and oxygen atoms in total. The quantitative estimate of drug-likeness (QED) is 0.876. The van der Waals surface area contributed by atoms with Crippen molar-refractivity contribution in [2.24, 2.45) is 0 Å². The van der Waals surface area contributed by atoms with Gasteiger partial charge in [0.15, 0.2) is 5.76 Å². The summed E-state index contributed by atoms with van der Waals surface area (Å²) in [4.78, 5) is 12.5. The first-order valence-electron chi connectivity index (χ1n) is 8.26. The van der Waals surface area contributed by atoms with Crippen molar-refractivity contribution in [1.29, 1.82) is 0 Å². The maximum Gasteiger partial charge on any atom is 0.292 e. The van der Waals surface area contributed by atoms with E-state index in [0.717, 1.165) is 12.8 Å². The van der Waals surface area contributed by atoms with E-state index in [1.54, 1.807) is 23.9 Å². The Morgan fingerprint density at radius 3 is 2.64 bits per heavy atom. The Hall–Kier alpha value is -2.13. The number of nitrogens with zero attached hydrogens (tertiary/aromatic N) is 3. The number of amides is 1. The van der Waals surface area contributed by atoms with Crippen molar-refractivity contribution in [3.63, 3.8) is 0 Å². The number of carbonyl (C=O) groups excluding carboxylic acids is 1. The van der Waals surface area contributed by atoms with Crippen LogP contribution in [0.25, 0.3) is 0 Å². The van der Waals surface area contributed by atoms with Gasteiger partial charge in [-0.3, -0.25) is 4.79 Å². The van der Waals surface area contributed by atoms with Crippen molar-refractivity contribution in [2.45, 2.75) is 44.6 Å². The van der Waals surface area contributed by atoms with Gasteiger partial charge in [0.2, 0.25) is 10.0 Å². The summed E-state index contributed by atoms with van der Waals surface area (Å²) in [7, 11) is -3.62. The minimum absolute atomic E-state index is 0.0354. The smallest absolute Gasteiger partial charge is 0.292 e. The normalized spacial score (nSPS) is 15.8. The molecule has 1 aliphatic rings. The largest absolute Gasteiger partial charge is 0.455 e. The molecule has 1 fully saturated rings. The summed E-state index contributed by atoms with van der Waals surface area (Å²) in [5, 5.41) is 6.85. The molecule has 1 N–H and O–H groups in total. The molecule has 3 rings (SSSR count). The molecule has 136 valence electrons. The van der Waals surface area contributed by atoms with Crippen LogP contribution in [0.3, 0.4) is 0 Å². The number of hydrogen-bond acceptors (Lipinski definition) is 5. The van der Waals surface area contributed by atoms with E-state index in [4.69, 9.17) is 4.42 Å². The van der Waals surface area contributed by atoms with E-state index in [-0.39, 0.29) is 22.5 Å². The summed E-state index contributed by atoms with van der Waals surface area (Å²) in [5.41, 5.74) is 0. The number of hydrogen-bond donors (Lipinski definition) is 1. The third-order valence-corrected chi connectivity index (χ3v) is 6.19. The van der Waals surface area contributed by atoms with Crippen LogP contribution in [-0.4, -0.2) is 41.5 Å². The van der Waals surface area contributed by atoms with Gasteiger partial charge in [-0.1, -0.05) is 0 Å². The Kier molecular flexibility index (Phi) is 4.70. The Morgan fingerprint density at radius 1 is 1.32 bits per heavy atom. The van der Waals surface area contributed by atoms with Crippen LogP contribution in [0, 0.1) is 6.92 Å². The number of anilines is 1. The van der Waals surface area contributed by atoms with Crippen molar-refractivity contribution < 1.29 is 17.6 Å². The van der Waals surface area contributed by atoms with Crippen molar-refractivity contribution in [3.8, 4) is 0 Å². The molecule has 0 aromatic carbocycles. The average Bonchev–Trinajstić information content (AvgIpc) is 3.27. The van der Waals surface area contributed by atoms with Crippen LogP contribution in [0.5, 0.6) is 0 Å². The van der Waals surface area contributed by atoms with E-state index in [2.05, 4.69) is 10.4 Å². The standard InChI is InChI=1S/C16H22N4O4S/c1-11(2)20-15(6-7-17-20)18-16(21)13-10-14(12(3)24-13)25(22,23)19-8-4-5-9-19/h6-7,10-11H,4-5,8-9H2,1-3H3,(H,18,21). The third-order valence-electron chi connectivity index (χ3n) is 4.18. The van der Waals surface area contributed by atoms with E-state index in [9.17, 15) is 13.2 Å². The molecule has 1 saturated heterocycles. The van der Waals surface area contributed by atoms with Crippen LogP contribution < -0.4 is 5.32 Å². The zero-order valence-electron chi connectivity index (χ0n) is 14.5. The Labute approximate surface area is 146 Å². The van der Waals surface area contributed by atoms with Gasteiger partial charge in [0, 0.05) is 31.3 Å². The molecule has 0 saturated carbocycles. The summed E-state index contributed by atoms with van der Waals surface area (Å²) in [5.74, 6) is 0.201. The molecular weight excluding hydrogens is 344 g/mol. The zero-order valence-corrected chi connectivity index (χ0v) is 15.3. The van der Waals surface area contributed by atoms with Gasteiger partial charge in [-0.25, -0.2) is 13.1 Å². The number of carbonyl (C=O) groups is 1. The van der Waals surface area contributed by atoms with E-state index in [0.29, 0.717) is 18.9 Å². The number of furan rings is 1. The van der Waals surface area contributed by atoms with Crippen molar-refractivity contribution in [1.82, 2.24) is 14.1 Å². The summed E-state index contributed by atoms with van der Waals surface area (Å²) >= 11 is 0. The van der Waals surface area contributed by atoms with Crippen LogP contribution in [0.2, 0.25) is 0 Å². The summed E-state index contributed by atoms with van der Waals surface area (Å²) < 4.78 is 33.9. The van der Waals surface area contributed by atoms with Gasteiger partial charge in [-0.05, 0) is 33.6 Å². The number of aryl methyl sites for hydroxylation is 1. The molecule has 0 aliphatic carbocycles. The summed E-state index contributed by atoms with van der Waals surface area (Å²) in [6.07, 6.45) is 3.29. The highest BCUT2D eigenvalue weighted by Gasteiger charge is 2.31. The molecular formula is C16H22N4O4S. The Bertz CT molecular complexity index is 876. The fraction of sp³-hybridized carbons (Fsp3) is 0.500. The summed E-state index contributed by atoms with van der Waals surface area (Å²) in [6, 6.07) is 3.05. The number of sulfonamides is 1. The zero-order chi connectivity index (χ0) is 18.2. The van der Waals surface area contributed by atoms with Crippen molar-refractivity contribution >= 4 is 21.7 Å². The van der Waals surface area contributed by atoms with Gasteiger partial charge in [0.05, 0.1) is 6.20 Å². The highest BCUT2D eigenvalue weighted by atomic mass is 32.2. The lowest BCUT2D eigenvalue weighted by Gasteiger charge is -2.14. The average molecular weight is 366 g/mol. The second-order valence-electron chi connectivity index (χ2n) is 6.35. The lowest BCUT2D eigenvalue weighted by Crippen LogP contribution is -2.28. The van der Waals surface area contributed by atoms with E-state index in [1.165, 1.54) is 10.4 Å². The van der Waals surface area contributed by atoms with Gasteiger partial charge >= 0.3 is 0 Å². The monoisotopic (exact) mass is 366 g/mol. The Morgan fingerprint density at radius 2 is 2.00 bits per heavy atom. The van der Waals surface area contributed by atoms with E-state index < -0.39 is 15.9 Å². The number of rotatable bonds is 5. The molecule has 0 spiro atoms. The molecule has 25 heavy (non-hydrogen) atoms. The molecule has 3 heterocycles.